The number of carbonyl (C=O) groups excluding carboxylic acids is 2. The molecule has 19 heavy (non-hydrogen) atoms. The van der Waals surface area contributed by atoms with Crippen LogP contribution in [0.5, 0.6) is 0 Å². The standard InChI is InChI=1S/C11H18N6O2/c1-8-13-10(15-14-8)11(19)16(2)7-9(18)17-5-3-12-4-6-17/h12H,3-7H2,1-2H3,(H,13,14,15). The third kappa shape index (κ3) is 3.28. The fraction of sp³-hybridized carbons (Fsp3) is 0.636. The summed E-state index contributed by atoms with van der Waals surface area (Å²) in [6.45, 7) is 4.72. The molecule has 1 aliphatic rings. The number of rotatable bonds is 3. The van der Waals surface area contributed by atoms with Crippen LogP contribution in [0.15, 0.2) is 0 Å². The number of nitrogens with one attached hydrogen (secondary N) is 2. The number of amides is 2. The first kappa shape index (κ1) is 13.5. The molecule has 1 saturated heterocycles. The molecule has 0 aliphatic carbocycles. The second-order valence-corrected chi connectivity index (χ2v) is 4.54. The average Bonchev–Trinajstić information content (AvgIpc) is 2.85. The van der Waals surface area contributed by atoms with Crippen molar-refractivity contribution in [3.8, 4) is 0 Å². The van der Waals surface area contributed by atoms with Crippen molar-refractivity contribution in [2.75, 3.05) is 39.8 Å². The topological polar surface area (TPSA) is 94.2 Å². The number of hydrogen-bond acceptors (Lipinski definition) is 5. The number of aryl methyl sites for hydroxylation is 1. The summed E-state index contributed by atoms with van der Waals surface area (Å²) >= 11 is 0. The minimum Gasteiger partial charge on any atom is -0.339 e. The summed E-state index contributed by atoms with van der Waals surface area (Å²) in [6, 6.07) is 0. The Hall–Kier alpha value is -1.96. The van der Waals surface area contributed by atoms with Gasteiger partial charge in [-0.2, -0.15) is 0 Å². The maximum atomic E-state index is 12.0. The summed E-state index contributed by atoms with van der Waals surface area (Å²) in [5.74, 6) is 0.260. The summed E-state index contributed by atoms with van der Waals surface area (Å²) in [6.07, 6.45) is 0. The lowest BCUT2D eigenvalue weighted by Crippen LogP contribution is -2.49. The van der Waals surface area contributed by atoms with Gasteiger partial charge in [0.15, 0.2) is 0 Å². The van der Waals surface area contributed by atoms with Crippen LogP contribution in [-0.4, -0.2) is 76.6 Å². The van der Waals surface area contributed by atoms with Gasteiger partial charge in [-0.1, -0.05) is 0 Å². The van der Waals surface area contributed by atoms with E-state index in [2.05, 4.69) is 20.5 Å². The van der Waals surface area contributed by atoms with Crippen molar-refractivity contribution in [1.29, 1.82) is 0 Å². The molecule has 104 valence electrons. The van der Waals surface area contributed by atoms with Crippen LogP contribution in [0.3, 0.4) is 0 Å². The third-order valence-electron chi connectivity index (χ3n) is 2.98. The Morgan fingerprint density at radius 1 is 1.37 bits per heavy atom. The van der Waals surface area contributed by atoms with E-state index >= 15 is 0 Å². The second-order valence-electron chi connectivity index (χ2n) is 4.54. The SMILES string of the molecule is Cc1nc(C(=O)N(C)CC(=O)N2CCNCC2)n[nH]1. The highest BCUT2D eigenvalue weighted by Crippen LogP contribution is 2.00. The molecule has 2 amide bonds. The van der Waals surface area contributed by atoms with Crippen LogP contribution in [0.4, 0.5) is 0 Å². The van der Waals surface area contributed by atoms with Crippen LogP contribution in [0.2, 0.25) is 0 Å². The average molecular weight is 266 g/mol. The number of likely N-dealkylation sites (N-methyl/N-ethyl adjacent to an activating group) is 1. The van der Waals surface area contributed by atoms with E-state index in [9.17, 15) is 9.59 Å². The van der Waals surface area contributed by atoms with Crippen molar-refractivity contribution in [2.24, 2.45) is 0 Å². The molecule has 1 aromatic rings. The van der Waals surface area contributed by atoms with Gasteiger partial charge < -0.3 is 15.1 Å². The molecular weight excluding hydrogens is 248 g/mol. The van der Waals surface area contributed by atoms with Gasteiger partial charge in [-0.15, -0.1) is 5.10 Å². The zero-order valence-electron chi connectivity index (χ0n) is 11.1. The summed E-state index contributed by atoms with van der Waals surface area (Å²) in [5.41, 5.74) is 0. The van der Waals surface area contributed by atoms with Gasteiger partial charge in [0.1, 0.15) is 5.82 Å². The van der Waals surface area contributed by atoms with Crippen LogP contribution < -0.4 is 5.32 Å². The van der Waals surface area contributed by atoms with Gasteiger partial charge in [0.25, 0.3) is 5.91 Å². The Morgan fingerprint density at radius 3 is 2.63 bits per heavy atom. The van der Waals surface area contributed by atoms with Crippen LogP contribution in [-0.2, 0) is 4.79 Å². The Labute approximate surface area is 111 Å². The third-order valence-corrected chi connectivity index (χ3v) is 2.98. The van der Waals surface area contributed by atoms with Gasteiger partial charge in [-0.25, -0.2) is 4.98 Å². The first-order valence-electron chi connectivity index (χ1n) is 6.21. The number of carbonyl (C=O) groups is 2. The minimum absolute atomic E-state index is 0.0480. The largest absolute Gasteiger partial charge is 0.339 e. The lowest BCUT2D eigenvalue weighted by atomic mass is 10.3. The van der Waals surface area contributed by atoms with Crippen molar-refractivity contribution < 1.29 is 9.59 Å². The normalized spacial score (nSPS) is 15.4. The van der Waals surface area contributed by atoms with Crippen molar-refractivity contribution in [3.05, 3.63) is 11.6 Å². The van der Waals surface area contributed by atoms with Crippen LogP contribution in [0.25, 0.3) is 0 Å². The molecule has 0 radical (unpaired) electrons. The molecule has 8 nitrogen and oxygen atoms in total. The van der Waals surface area contributed by atoms with E-state index < -0.39 is 0 Å². The Morgan fingerprint density at radius 2 is 2.05 bits per heavy atom. The van der Waals surface area contributed by atoms with Crippen LogP contribution in [0, 0.1) is 6.92 Å². The Balaban J connectivity index is 1.91. The number of aromatic amines is 1. The minimum atomic E-state index is -0.354. The van der Waals surface area contributed by atoms with Crippen LogP contribution in [0.1, 0.15) is 16.4 Å². The highest BCUT2D eigenvalue weighted by Gasteiger charge is 2.22. The van der Waals surface area contributed by atoms with E-state index in [-0.39, 0.29) is 24.2 Å². The monoisotopic (exact) mass is 266 g/mol. The molecule has 1 fully saturated rings. The fourth-order valence-electron chi connectivity index (χ4n) is 1.90. The van der Waals surface area contributed by atoms with Gasteiger partial charge in [0.2, 0.25) is 11.7 Å². The van der Waals surface area contributed by atoms with Gasteiger partial charge >= 0.3 is 0 Å². The number of H-pyrrole nitrogens is 1. The summed E-state index contributed by atoms with van der Waals surface area (Å²) < 4.78 is 0. The molecule has 0 bridgehead atoms. The number of aromatic nitrogens is 3. The van der Waals surface area contributed by atoms with Crippen molar-refractivity contribution in [2.45, 2.75) is 6.92 Å². The molecule has 0 atom stereocenters. The summed E-state index contributed by atoms with van der Waals surface area (Å²) in [5, 5.41) is 9.58. The number of nitrogens with zero attached hydrogens (tertiary/aromatic N) is 4. The molecule has 1 aliphatic heterocycles. The maximum absolute atomic E-state index is 12.0. The second kappa shape index (κ2) is 5.79. The number of hydrogen-bond donors (Lipinski definition) is 2. The van der Waals surface area contributed by atoms with Gasteiger partial charge in [0, 0.05) is 33.2 Å². The smallest absolute Gasteiger partial charge is 0.293 e. The molecule has 0 unspecified atom stereocenters. The van der Waals surface area contributed by atoms with E-state index in [1.807, 2.05) is 0 Å². The van der Waals surface area contributed by atoms with Gasteiger partial charge in [0.05, 0.1) is 6.54 Å². The summed E-state index contributed by atoms with van der Waals surface area (Å²) in [4.78, 5) is 31.0. The highest BCUT2D eigenvalue weighted by molar-refractivity contribution is 5.93. The van der Waals surface area contributed by atoms with Crippen LogP contribution >= 0.6 is 0 Å². The lowest BCUT2D eigenvalue weighted by Gasteiger charge is -2.29. The van der Waals surface area contributed by atoms with Crippen molar-refractivity contribution >= 4 is 11.8 Å². The zero-order chi connectivity index (χ0) is 13.8. The Bertz CT molecular complexity index is 466. The van der Waals surface area contributed by atoms with E-state index in [1.165, 1.54) is 4.90 Å². The molecule has 2 rings (SSSR count). The molecule has 2 N–H and O–H groups in total. The van der Waals surface area contributed by atoms with Gasteiger partial charge in [-0.3, -0.25) is 14.7 Å². The fourth-order valence-corrected chi connectivity index (χ4v) is 1.90. The first-order valence-corrected chi connectivity index (χ1v) is 6.21. The molecule has 8 heteroatoms. The summed E-state index contributed by atoms with van der Waals surface area (Å²) in [7, 11) is 1.58. The van der Waals surface area contributed by atoms with Crippen molar-refractivity contribution in [1.82, 2.24) is 30.3 Å². The molecule has 1 aromatic heterocycles. The first-order chi connectivity index (χ1) is 9.08. The number of piperazine rings is 1. The highest BCUT2D eigenvalue weighted by atomic mass is 16.2. The zero-order valence-corrected chi connectivity index (χ0v) is 11.1. The predicted octanol–water partition coefficient (Wildman–Crippen LogP) is -1.38. The Kier molecular flexibility index (Phi) is 4.10. The van der Waals surface area contributed by atoms with E-state index in [4.69, 9.17) is 0 Å². The molecule has 0 saturated carbocycles. The lowest BCUT2D eigenvalue weighted by molar-refractivity contribution is -0.132. The van der Waals surface area contributed by atoms with E-state index in [0.29, 0.717) is 18.9 Å². The maximum Gasteiger partial charge on any atom is 0.293 e. The molecular formula is C11H18N6O2. The molecule has 2 heterocycles. The van der Waals surface area contributed by atoms with Crippen molar-refractivity contribution in [3.63, 3.8) is 0 Å². The quantitative estimate of drug-likeness (QED) is 0.703. The molecule has 0 aromatic carbocycles. The van der Waals surface area contributed by atoms with Gasteiger partial charge in [-0.05, 0) is 6.92 Å². The molecule has 0 spiro atoms. The van der Waals surface area contributed by atoms with E-state index in [0.717, 1.165) is 13.1 Å². The van der Waals surface area contributed by atoms with E-state index in [1.54, 1.807) is 18.9 Å². The predicted molar refractivity (Wildman–Crippen MR) is 67.5 cm³/mol.